The summed E-state index contributed by atoms with van der Waals surface area (Å²) in [6.07, 6.45) is 8.50. The van der Waals surface area contributed by atoms with Crippen molar-refractivity contribution in [1.29, 1.82) is 0 Å². The lowest BCUT2D eigenvalue weighted by Crippen LogP contribution is -2.47. The van der Waals surface area contributed by atoms with Crippen LogP contribution in [-0.2, 0) is 23.5 Å². The van der Waals surface area contributed by atoms with Gasteiger partial charge >= 0.3 is 11.9 Å². The molecule has 7 heteroatoms. The van der Waals surface area contributed by atoms with Gasteiger partial charge in [0.05, 0.1) is 17.9 Å². The number of aliphatic carboxylic acids is 1. The highest BCUT2D eigenvalue weighted by atomic mass is 28.4. The normalized spacial score (nSPS) is 28.1. The smallest absolute Gasteiger partial charge is 0.308 e. The van der Waals surface area contributed by atoms with Gasteiger partial charge in [0, 0.05) is 18.8 Å². The number of carboxylic acid groups (broad SMARTS) is 1. The van der Waals surface area contributed by atoms with Crippen molar-refractivity contribution in [2.45, 2.75) is 118 Å². The third-order valence-electron chi connectivity index (χ3n) is 9.26. The van der Waals surface area contributed by atoms with Crippen LogP contribution in [0.1, 0.15) is 87.5 Å². The van der Waals surface area contributed by atoms with Gasteiger partial charge in [-0.15, -0.1) is 0 Å². The molecule has 2 rings (SSSR count). The summed E-state index contributed by atoms with van der Waals surface area (Å²) in [7, 11) is -2.26. The largest absolute Gasteiger partial charge is 0.481 e. The van der Waals surface area contributed by atoms with Crippen LogP contribution in [0.15, 0.2) is 23.8 Å². The fourth-order valence-corrected chi connectivity index (χ4v) is 6.74. The van der Waals surface area contributed by atoms with Crippen molar-refractivity contribution in [3.63, 3.8) is 0 Å². The maximum Gasteiger partial charge on any atom is 0.308 e. The Balaban J connectivity index is 2.18. The van der Waals surface area contributed by atoms with Crippen LogP contribution < -0.4 is 0 Å². The molecule has 0 saturated heterocycles. The van der Waals surface area contributed by atoms with Crippen LogP contribution in [0.25, 0.3) is 0 Å². The number of carbonyl (C=O) groups excluding carboxylic acids is 2. The van der Waals surface area contributed by atoms with E-state index in [0.29, 0.717) is 18.8 Å². The van der Waals surface area contributed by atoms with Gasteiger partial charge in [-0.25, -0.2) is 0 Å². The van der Waals surface area contributed by atoms with E-state index in [1.807, 2.05) is 13.8 Å². The number of Topliss-reactive ketones (excluding diaryl/α,β-unsaturated/α-hetero) is 1. The molecule has 6 nitrogen and oxygen atoms in total. The second kappa shape index (κ2) is 13.1. The molecule has 0 radical (unpaired) electrons. The molecule has 2 aliphatic carbocycles. The Morgan fingerprint density at radius 1 is 1.16 bits per heavy atom. The summed E-state index contributed by atoms with van der Waals surface area (Å²) in [5, 5.41) is 9.63. The number of ether oxygens (including phenoxy) is 1. The summed E-state index contributed by atoms with van der Waals surface area (Å²) in [5.41, 5.74) is 1.21. The highest BCUT2D eigenvalue weighted by molar-refractivity contribution is 6.74. The first-order chi connectivity index (χ1) is 17.5. The standard InChI is InChI=1S/C31H52O6Si/c1-11-20(3)30(35)36-27-17-19(2)16-23-13-12-21(4)25(28(23)27)15-14-24(32)18-26(22(5)29(33)34)37-38(9,10)31(6,7)8/h12-13,16,19-22,25-28H,11,14-15,17-18H2,1-10H3,(H,33,34)/t19-,20-,21-,22?,25-,26+,27-,28-/m0/s1. The van der Waals surface area contributed by atoms with Crippen LogP contribution in [0.5, 0.6) is 0 Å². The minimum Gasteiger partial charge on any atom is -0.481 e. The van der Waals surface area contributed by atoms with E-state index in [1.165, 1.54) is 5.57 Å². The first-order valence-electron chi connectivity index (χ1n) is 14.5. The SMILES string of the molecule is CC[C@H](C)C(=O)O[C@H]1C[C@@H](C)C=C2C=C[C@H](C)[C@H](CCC(=O)C[C@@H](O[Si](C)(C)C(C)(C)C)C(C)C(=O)O)[C@H]21. The zero-order valence-corrected chi connectivity index (χ0v) is 26.4. The van der Waals surface area contributed by atoms with Gasteiger partial charge in [-0.1, -0.05) is 66.7 Å². The number of hydrogen-bond donors (Lipinski definition) is 1. The molecule has 0 fully saturated rings. The number of carboxylic acids is 1. The van der Waals surface area contributed by atoms with Crippen molar-refractivity contribution in [3.05, 3.63) is 23.8 Å². The fraction of sp³-hybridized carbons (Fsp3) is 0.774. The highest BCUT2D eigenvalue weighted by Gasteiger charge is 2.43. The van der Waals surface area contributed by atoms with E-state index in [9.17, 15) is 19.5 Å². The molecule has 2 aliphatic rings. The molecule has 0 heterocycles. The summed E-state index contributed by atoms with van der Waals surface area (Å²) in [5.74, 6) is -1.12. The zero-order valence-electron chi connectivity index (χ0n) is 25.4. The molecule has 0 aliphatic heterocycles. The zero-order chi connectivity index (χ0) is 29.0. The Labute approximate surface area is 231 Å². The summed E-state index contributed by atoms with van der Waals surface area (Å²) in [4.78, 5) is 37.9. The maximum atomic E-state index is 13.3. The van der Waals surface area contributed by atoms with Gasteiger partial charge in [-0.05, 0) is 67.6 Å². The molecule has 38 heavy (non-hydrogen) atoms. The average Bonchev–Trinajstić information content (AvgIpc) is 2.80. The number of ketones is 1. The lowest BCUT2D eigenvalue weighted by atomic mass is 9.65. The molecule has 0 aromatic heterocycles. The van der Waals surface area contributed by atoms with Crippen molar-refractivity contribution in [1.82, 2.24) is 0 Å². The van der Waals surface area contributed by atoms with Crippen LogP contribution >= 0.6 is 0 Å². The quantitative estimate of drug-likeness (QED) is 0.205. The Morgan fingerprint density at radius 2 is 1.79 bits per heavy atom. The monoisotopic (exact) mass is 548 g/mol. The van der Waals surface area contributed by atoms with Crippen molar-refractivity contribution < 1.29 is 28.7 Å². The molecular weight excluding hydrogens is 496 g/mol. The Kier molecular flexibility index (Phi) is 11.2. The molecule has 8 atom stereocenters. The van der Waals surface area contributed by atoms with Gasteiger partial charge in [0.1, 0.15) is 11.9 Å². The molecule has 1 unspecified atom stereocenters. The van der Waals surface area contributed by atoms with Gasteiger partial charge in [-0.3, -0.25) is 14.4 Å². The maximum absolute atomic E-state index is 13.3. The second-order valence-corrected chi connectivity index (χ2v) is 18.2. The molecule has 1 N–H and O–H groups in total. The number of hydrogen-bond acceptors (Lipinski definition) is 5. The Hall–Kier alpha value is -1.73. The summed E-state index contributed by atoms with van der Waals surface area (Å²) < 4.78 is 12.6. The average molecular weight is 549 g/mol. The topological polar surface area (TPSA) is 89.9 Å². The fourth-order valence-electron chi connectivity index (χ4n) is 5.34. The number of allylic oxidation sites excluding steroid dienone is 3. The molecule has 0 spiro atoms. The van der Waals surface area contributed by atoms with Crippen molar-refractivity contribution in [2.24, 2.45) is 35.5 Å². The van der Waals surface area contributed by atoms with E-state index in [4.69, 9.17) is 9.16 Å². The van der Waals surface area contributed by atoms with Crippen molar-refractivity contribution in [3.8, 4) is 0 Å². The summed E-state index contributed by atoms with van der Waals surface area (Å²) in [6, 6.07) is 0. The van der Waals surface area contributed by atoms with Crippen LogP contribution in [0.4, 0.5) is 0 Å². The molecular formula is C31H52O6Si. The number of rotatable bonds is 12. The third-order valence-corrected chi connectivity index (χ3v) is 13.8. The van der Waals surface area contributed by atoms with Gasteiger partial charge in [0.25, 0.3) is 0 Å². The summed E-state index contributed by atoms with van der Waals surface area (Å²) in [6.45, 7) is 20.4. The predicted molar refractivity (Wildman–Crippen MR) is 154 cm³/mol. The van der Waals surface area contributed by atoms with Gasteiger partial charge < -0.3 is 14.3 Å². The summed E-state index contributed by atoms with van der Waals surface area (Å²) >= 11 is 0. The predicted octanol–water partition coefficient (Wildman–Crippen LogP) is 7.20. The first-order valence-corrected chi connectivity index (χ1v) is 17.4. The minimum atomic E-state index is -2.26. The number of carbonyl (C=O) groups is 3. The van der Waals surface area contributed by atoms with E-state index in [0.717, 1.165) is 12.8 Å². The third kappa shape index (κ3) is 8.14. The van der Waals surface area contributed by atoms with Gasteiger partial charge in [-0.2, -0.15) is 0 Å². The Morgan fingerprint density at radius 3 is 2.34 bits per heavy atom. The molecule has 0 saturated carbocycles. The number of esters is 1. The van der Waals surface area contributed by atoms with Gasteiger partial charge in [0.2, 0.25) is 0 Å². The lowest BCUT2D eigenvalue weighted by Gasteiger charge is -2.43. The van der Waals surface area contributed by atoms with E-state index in [1.54, 1.807) is 6.92 Å². The van der Waals surface area contributed by atoms with Gasteiger partial charge in [0.15, 0.2) is 8.32 Å². The molecule has 0 aromatic rings. The Bertz CT molecular complexity index is 914. The van der Waals surface area contributed by atoms with Crippen molar-refractivity contribution >= 4 is 26.0 Å². The minimum absolute atomic E-state index is 0.0337. The highest BCUT2D eigenvalue weighted by Crippen LogP contribution is 2.45. The molecule has 0 bridgehead atoms. The second-order valence-electron chi connectivity index (χ2n) is 13.4. The first kappa shape index (κ1) is 32.5. The van der Waals surface area contributed by atoms with E-state index >= 15 is 0 Å². The van der Waals surface area contributed by atoms with Crippen molar-refractivity contribution in [2.75, 3.05) is 0 Å². The van der Waals surface area contributed by atoms with Crippen LogP contribution in [0.2, 0.25) is 18.1 Å². The van der Waals surface area contributed by atoms with Crippen LogP contribution in [0, 0.1) is 35.5 Å². The lowest BCUT2D eigenvalue weighted by molar-refractivity contribution is -0.158. The van der Waals surface area contributed by atoms with Crippen LogP contribution in [-0.4, -0.2) is 43.4 Å². The molecule has 0 amide bonds. The molecule has 0 aromatic carbocycles. The van der Waals surface area contributed by atoms with E-state index in [2.05, 4.69) is 65.9 Å². The van der Waals surface area contributed by atoms with E-state index in [-0.39, 0.29) is 53.0 Å². The number of fused-ring (bicyclic) bond motifs is 1. The van der Waals surface area contributed by atoms with E-state index < -0.39 is 26.3 Å². The van der Waals surface area contributed by atoms with Crippen LogP contribution in [0.3, 0.4) is 0 Å². The molecule has 216 valence electrons.